The number of hydrogen-bond acceptors (Lipinski definition) is 5. The van der Waals surface area contributed by atoms with E-state index < -0.39 is 0 Å². The van der Waals surface area contributed by atoms with E-state index in [-0.39, 0.29) is 23.9 Å². The molecule has 3 N–H and O–H groups in total. The molecule has 1 fully saturated rings. The summed E-state index contributed by atoms with van der Waals surface area (Å²) in [5.74, 6) is 0.842. The Balaban J connectivity index is 1.93. The van der Waals surface area contributed by atoms with Gasteiger partial charge in [0.05, 0.1) is 14.2 Å². The lowest BCUT2D eigenvalue weighted by atomic mass is 9.89. The number of anilines is 1. The van der Waals surface area contributed by atoms with Crippen molar-refractivity contribution in [3.63, 3.8) is 0 Å². The van der Waals surface area contributed by atoms with E-state index in [4.69, 9.17) is 15.2 Å². The normalized spacial score (nSPS) is 18.2. The molecule has 2 amide bonds. The average Bonchev–Trinajstić information content (AvgIpc) is 2.77. The molecule has 0 aliphatic heterocycles. The summed E-state index contributed by atoms with van der Waals surface area (Å²) < 4.78 is 10.7. The van der Waals surface area contributed by atoms with Crippen molar-refractivity contribution in [1.82, 2.24) is 4.90 Å². The van der Waals surface area contributed by atoms with Crippen LogP contribution in [0.2, 0.25) is 0 Å². The van der Waals surface area contributed by atoms with Crippen LogP contribution in [-0.2, 0) is 11.3 Å². The summed E-state index contributed by atoms with van der Waals surface area (Å²) in [6.07, 6.45) is 3.88. The molecule has 31 heavy (non-hydrogen) atoms. The average molecular weight is 426 g/mol. The van der Waals surface area contributed by atoms with E-state index in [1.54, 1.807) is 32.4 Å². The van der Waals surface area contributed by atoms with Crippen molar-refractivity contribution in [2.24, 2.45) is 5.73 Å². The van der Waals surface area contributed by atoms with Crippen LogP contribution in [0.15, 0.2) is 42.5 Å². The predicted octanol–water partition coefficient (Wildman–Crippen LogP) is 3.57. The Morgan fingerprint density at radius 2 is 1.81 bits per heavy atom. The van der Waals surface area contributed by atoms with Gasteiger partial charge >= 0.3 is 0 Å². The fourth-order valence-electron chi connectivity index (χ4n) is 4.15. The zero-order valence-corrected chi connectivity index (χ0v) is 18.4. The van der Waals surface area contributed by atoms with Gasteiger partial charge in [0.25, 0.3) is 5.91 Å². The van der Waals surface area contributed by atoms with Crippen molar-refractivity contribution in [1.29, 1.82) is 0 Å². The maximum Gasteiger partial charge on any atom is 0.254 e. The molecule has 2 aromatic rings. The van der Waals surface area contributed by atoms with Gasteiger partial charge in [0.1, 0.15) is 0 Å². The summed E-state index contributed by atoms with van der Waals surface area (Å²) in [4.78, 5) is 26.9. The molecule has 0 saturated heterocycles. The number of carbonyl (C=O) groups is 2. The summed E-state index contributed by atoms with van der Waals surface area (Å²) in [5.41, 5.74) is 8.61. The van der Waals surface area contributed by atoms with Crippen molar-refractivity contribution < 1.29 is 19.1 Å². The number of methoxy groups -OCH3 is 2. The second-order valence-corrected chi connectivity index (χ2v) is 7.90. The lowest BCUT2D eigenvalue weighted by Gasteiger charge is -2.38. The number of carbonyl (C=O) groups excluding carboxylic acids is 2. The van der Waals surface area contributed by atoms with Crippen LogP contribution < -0.4 is 20.5 Å². The van der Waals surface area contributed by atoms with Crippen LogP contribution in [0.1, 0.15) is 48.5 Å². The Bertz CT molecular complexity index is 931. The number of nitrogens with zero attached hydrogens (tertiary/aromatic N) is 1. The van der Waals surface area contributed by atoms with E-state index in [2.05, 4.69) is 5.32 Å². The molecule has 0 spiro atoms. The summed E-state index contributed by atoms with van der Waals surface area (Å²) in [6.45, 7) is 1.87. The molecule has 1 aliphatic carbocycles. The quantitative estimate of drug-likeness (QED) is 0.707. The molecule has 1 saturated carbocycles. The van der Waals surface area contributed by atoms with Gasteiger partial charge in [-0.2, -0.15) is 0 Å². The fourth-order valence-corrected chi connectivity index (χ4v) is 4.15. The minimum Gasteiger partial charge on any atom is -0.493 e. The summed E-state index contributed by atoms with van der Waals surface area (Å²) in [7, 11) is 3.11. The molecule has 1 aliphatic rings. The van der Waals surface area contributed by atoms with Gasteiger partial charge in [0.2, 0.25) is 5.91 Å². The highest BCUT2D eigenvalue weighted by molar-refractivity contribution is 5.95. The minimum absolute atomic E-state index is 0.0567. The van der Waals surface area contributed by atoms with E-state index in [0.29, 0.717) is 29.3 Å². The first-order valence-corrected chi connectivity index (χ1v) is 10.6. The van der Waals surface area contributed by atoms with Crippen LogP contribution >= 0.6 is 0 Å². The predicted molar refractivity (Wildman–Crippen MR) is 120 cm³/mol. The maximum atomic E-state index is 13.6. The monoisotopic (exact) mass is 425 g/mol. The number of nitrogens with one attached hydrogen (secondary N) is 1. The van der Waals surface area contributed by atoms with Gasteiger partial charge in [0.15, 0.2) is 11.5 Å². The molecular weight excluding hydrogens is 394 g/mol. The highest BCUT2D eigenvalue weighted by Crippen LogP contribution is 2.30. The molecule has 0 bridgehead atoms. The number of nitrogens with two attached hydrogens (primary N) is 1. The molecule has 7 nitrogen and oxygen atoms in total. The van der Waals surface area contributed by atoms with Crippen LogP contribution in [0, 0.1) is 0 Å². The van der Waals surface area contributed by atoms with Crippen molar-refractivity contribution in [3.05, 3.63) is 53.6 Å². The minimum atomic E-state index is -0.135. The Labute approximate surface area is 183 Å². The first kappa shape index (κ1) is 22.6. The van der Waals surface area contributed by atoms with Gasteiger partial charge < -0.3 is 25.4 Å². The molecule has 166 valence electrons. The Hall–Kier alpha value is -3.06. The van der Waals surface area contributed by atoms with Gasteiger partial charge in [-0.1, -0.05) is 25.0 Å². The van der Waals surface area contributed by atoms with Crippen LogP contribution in [0.25, 0.3) is 0 Å². The number of amides is 2. The standard InChI is InChI=1S/C24H31N3O4/c1-16(28)26-19-8-6-7-17(13-19)15-27(21-10-5-4-9-20(21)25)24(29)18-11-12-22(30-2)23(14-18)31-3/h6-8,11-14,20-21H,4-5,9-10,15,25H2,1-3H3,(H,26,28). The number of hydrogen-bond donors (Lipinski definition) is 2. The lowest BCUT2D eigenvalue weighted by Crippen LogP contribution is -2.51. The SMILES string of the molecule is COc1ccc(C(=O)N(Cc2cccc(NC(C)=O)c2)C2CCCCC2N)cc1OC. The van der Waals surface area contributed by atoms with Gasteiger partial charge in [-0.05, 0) is 48.7 Å². The maximum absolute atomic E-state index is 13.6. The third-order valence-corrected chi connectivity index (χ3v) is 5.67. The van der Waals surface area contributed by atoms with Crippen LogP contribution in [0.5, 0.6) is 11.5 Å². The highest BCUT2D eigenvalue weighted by Gasteiger charge is 2.32. The van der Waals surface area contributed by atoms with E-state index in [9.17, 15) is 9.59 Å². The molecule has 0 heterocycles. The first-order chi connectivity index (χ1) is 14.9. The third kappa shape index (κ3) is 5.55. The first-order valence-electron chi connectivity index (χ1n) is 10.6. The lowest BCUT2D eigenvalue weighted by molar-refractivity contribution is -0.114. The zero-order chi connectivity index (χ0) is 22.4. The molecule has 0 radical (unpaired) electrons. The second-order valence-electron chi connectivity index (χ2n) is 7.90. The van der Waals surface area contributed by atoms with Crippen LogP contribution in [-0.4, -0.2) is 43.0 Å². The van der Waals surface area contributed by atoms with Crippen LogP contribution in [0.3, 0.4) is 0 Å². The molecule has 0 aromatic heterocycles. The van der Waals surface area contributed by atoms with Gasteiger partial charge in [-0.15, -0.1) is 0 Å². The number of benzene rings is 2. The molecule has 2 aromatic carbocycles. The van der Waals surface area contributed by atoms with E-state index >= 15 is 0 Å². The summed E-state index contributed by atoms with van der Waals surface area (Å²) >= 11 is 0. The number of rotatable bonds is 7. The second kappa shape index (κ2) is 10.3. The van der Waals surface area contributed by atoms with E-state index in [1.807, 2.05) is 29.2 Å². The zero-order valence-electron chi connectivity index (χ0n) is 18.4. The molecule has 2 unspecified atom stereocenters. The Morgan fingerprint density at radius 3 is 2.48 bits per heavy atom. The van der Waals surface area contributed by atoms with Crippen molar-refractivity contribution in [3.8, 4) is 11.5 Å². The highest BCUT2D eigenvalue weighted by atomic mass is 16.5. The van der Waals surface area contributed by atoms with Gasteiger partial charge in [-0.3, -0.25) is 9.59 Å². The fraction of sp³-hybridized carbons (Fsp3) is 0.417. The molecule has 3 rings (SSSR count). The summed E-state index contributed by atoms with van der Waals surface area (Å²) in [6, 6.07) is 12.6. The Kier molecular flexibility index (Phi) is 7.52. The smallest absolute Gasteiger partial charge is 0.254 e. The van der Waals surface area contributed by atoms with Crippen molar-refractivity contribution >= 4 is 17.5 Å². The van der Waals surface area contributed by atoms with E-state index in [1.165, 1.54) is 6.92 Å². The third-order valence-electron chi connectivity index (χ3n) is 5.67. The van der Waals surface area contributed by atoms with Gasteiger partial charge in [-0.25, -0.2) is 0 Å². The largest absolute Gasteiger partial charge is 0.493 e. The summed E-state index contributed by atoms with van der Waals surface area (Å²) in [5, 5.41) is 2.80. The Morgan fingerprint density at radius 1 is 1.06 bits per heavy atom. The van der Waals surface area contributed by atoms with Gasteiger partial charge in [0, 0.05) is 36.8 Å². The van der Waals surface area contributed by atoms with Crippen molar-refractivity contribution in [2.45, 2.75) is 51.2 Å². The van der Waals surface area contributed by atoms with E-state index in [0.717, 1.165) is 31.2 Å². The molecular formula is C24H31N3O4. The molecule has 7 heteroatoms. The topological polar surface area (TPSA) is 93.9 Å². The molecule has 2 atom stereocenters. The number of ether oxygens (including phenoxy) is 2. The van der Waals surface area contributed by atoms with Crippen molar-refractivity contribution in [2.75, 3.05) is 19.5 Å². The van der Waals surface area contributed by atoms with Crippen LogP contribution in [0.4, 0.5) is 5.69 Å².